The van der Waals surface area contributed by atoms with Crippen molar-refractivity contribution >= 4 is 98.0 Å². The summed E-state index contributed by atoms with van der Waals surface area (Å²) >= 11 is 0. The number of nitrogens with zero attached hydrogens (tertiary/aromatic N) is 4. The van der Waals surface area contributed by atoms with Crippen molar-refractivity contribution < 1.29 is 17.6 Å². The number of fused-ring (bicyclic) bond motifs is 10. The van der Waals surface area contributed by atoms with Gasteiger partial charge in [0.1, 0.15) is 34.0 Å². The molecule has 0 fully saturated rings. The Hall–Kier alpha value is -6.16. The number of aromatic nitrogens is 4. The van der Waals surface area contributed by atoms with Gasteiger partial charge in [-0.15, -0.1) is 0 Å². The second-order valence-electron chi connectivity index (χ2n) is 11.8. The van der Waals surface area contributed by atoms with Crippen molar-refractivity contribution in [2.24, 2.45) is 0 Å². The van der Waals surface area contributed by atoms with Crippen LogP contribution in [0, 0.1) is 23.3 Å². The van der Waals surface area contributed by atoms with Gasteiger partial charge < -0.3 is 0 Å². The zero-order valence-corrected chi connectivity index (χ0v) is 23.0. The number of rotatable bonds is 0. The van der Waals surface area contributed by atoms with E-state index in [2.05, 4.69) is 9.97 Å². The predicted octanol–water partition coefficient (Wildman–Crippen LogP) is 7.80. The molecule has 0 radical (unpaired) electrons. The van der Waals surface area contributed by atoms with E-state index in [4.69, 9.17) is 0 Å². The third-order valence-corrected chi connectivity index (χ3v) is 9.60. The number of halogens is 4. The minimum atomic E-state index is -0.874. The van der Waals surface area contributed by atoms with Gasteiger partial charge in [0.15, 0.2) is 11.6 Å². The summed E-state index contributed by atoms with van der Waals surface area (Å²) in [6, 6.07) is 18.3. The Morgan fingerprint density at radius 2 is 0.935 bits per heavy atom. The molecule has 11 aromatic rings. The molecule has 4 heterocycles. The monoisotopic (exact) mass is 608 g/mol. The second kappa shape index (κ2) is 7.55. The highest BCUT2D eigenvalue weighted by Crippen LogP contribution is 2.45. The Labute approximate surface area is 251 Å². The lowest BCUT2D eigenvalue weighted by atomic mass is 9.86. The SMILES string of the molecule is O=c1c2ccc3c4ccc5c6c(ccc(c7ccc(c2c73)c2nc3c(F)cc(F)cc3n12)c46)c(=O)n1c5nc2cc(F)cc(F)c21. The zero-order valence-electron chi connectivity index (χ0n) is 23.0. The quantitative estimate of drug-likeness (QED) is 0.100. The lowest BCUT2D eigenvalue weighted by Crippen LogP contribution is -2.14. The molecule has 0 saturated carbocycles. The molecule has 6 nitrogen and oxygen atoms in total. The second-order valence-corrected chi connectivity index (χ2v) is 11.8. The lowest BCUT2D eigenvalue weighted by Gasteiger charge is -2.18. The van der Waals surface area contributed by atoms with E-state index in [0.717, 1.165) is 56.6 Å². The molecule has 0 unspecified atom stereocenters. The third kappa shape index (κ3) is 2.55. The van der Waals surface area contributed by atoms with Crippen LogP contribution < -0.4 is 11.1 Å². The summed E-state index contributed by atoms with van der Waals surface area (Å²) in [5.41, 5.74) is -0.532. The first kappa shape index (κ1) is 24.2. The maximum atomic E-state index is 15.0. The van der Waals surface area contributed by atoms with E-state index < -0.39 is 34.4 Å². The average Bonchev–Trinajstić information content (AvgIpc) is 3.62. The van der Waals surface area contributed by atoms with Gasteiger partial charge in [-0.1, -0.05) is 24.3 Å². The van der Waals surface area contributed by atoms with Crippen LogP contribution in [0.4, 0.5) is 17.6 Å². The zero-order chi connectivity index (χ0) is 30.9. The molecule has 0 atom stereocenters. The molecule has 11 rings (SSSR count). The Bertz CT molecular complexity index is 3270. The standard InChI is InChI=1S/C36H12F4N4O2/c37-13-10-24(40)32-25(11-13)41-33-19-5-1-15-17-3-7-21-30-20(34-42-31-23(39)9-14(38)12-26(31)43(34)35(21)45)6-2-16(28(17)30)18-4-8-22(29(19)27(15)18)36(46)44(32)33/h1-12H. The van der Waals surface area contributed by atoms with Gasteiger partial charge in [-0.2, -0.15) is 0 Å². The summed E-state index contributed by atoms with van der Waals surface area (Å²) in [6.07, 6.45) is 0. The average molecular weight is 609 g/mol. The number of hydrogen-bond acceptors (Lipinski definition) is 4. The highest BCUT2D eigenvalue weighted by Gasteiger charge is 2.25. The molecule has 0 spiro atoms. The van der Waals surface area contributed by atoms with E-state index in [1.807, 2.05) is 36.4 Å². The molecule has 0 aliphatic heterocycles. The highest BCUT2D eigenvalue weighted by atomic mass is 19.1. The van der Waals surface area contributed by atoms with E-state index in [-0.39, 0.29) is 33.4 Å². The first-order valence-electron chi connectivity index (χ1n) is 14.4. The maximum Gasteiger partial charge on any atom is 0.264 e. The molecule has 216 valence electrons. The van der Waals surface area contributed by atoms with Gasteiger partial charge in [0.25, 0.3) is 11.1 Å². The number of benzene rings is 7. The van der Waals surface area contributed by atoms with Gasteiger partial charge in [0.05, 0.1) is 11.0 Å². The van der Waals surface area contributed by atoms with Crippen LogP contribution in [0.25, 0.3) is 98.0 Å². The molecular formula is C36H12F4N4O2. The smallest absolute Gasteiger partial charge is 0.264 e. The summed E-state index contributed by atoms with van der Waals surface area (Å²) in [5.74, 6) is -3.32. The fourth-order valence-electron chi connectivity index (χ4n) is 7.86. The van der Waals surface area contributed by atoms with Crippen LogP contribution in [0.2, 0.25) is 0 Å². The van der Waals surface area contributed by atoms with Crippen LogP contribution >= 0.6 is 0 Å². The van der Waals surface area contributed by atoms with Crippen molar-refractivity contribution in [2.45, 2.75) is 0 Å². The summed E-state index contributed by atoms with van der Waals surface area (Å²) < 4.78 is 60.6. The molecule has 0 N–H and O–H groups in total. The van der Waals surface area contributed by atoms with Crippen LogP contribution in [0.1, 0.15) is 0 Å². The first-order valence-corrected chi connectivity index (χ1v) is 14.4. The molecule has 0 aliphatic rings. The molecule has 0 amide bonds. The van der Waals surface area contributed by atoms with Crippen molar-refractivity contribution in [2.75, 3.05) is 0 Å². The Morgan fingerprint density at radius 1 is 0.478 bits per heavy atom. The molecule has 0 aliphatic carbocycles. The molecular weight excluding hydrogens is 596 g/mol. The fourth-order valence-corrected chi connectivity index (χ4v) is 7.86. The van der Waals surface area contributed by atoms with Crippen LogP contribution in [-0.4, -0.2) is 18.8 Å². The van der Waals surface area contributed by atoms with Crippen molar-refractivity contribution in [3.63, 3.8) is 0 Å². The summed E-state index contributed by atoms with van der Waals surface area (Å²) in [7, 11) is 0. The molecule has 4 aromatic heterocycles. The van der Waals surface area contributed by atoms with Crippen molar-refractivity contribution in [1.82, 2.24) is 18.8 Å². The van der Waals surface area contributed by atoms with E-state index in [0.29, 0.717) is 32.3 Å². The van der Waals surface area contributed by atoms with Gasteiger partial charge in [-0.05, 0) is 56.6 Å². The van der Waals surface area contributed by atoms with Crippen LogP contribution in [0.3, 0.4) is 0 Å². The first-order chi connectivity index (χ1) is 22.3. The van der Waals surface area contributed by atoms with E-state index in [9.17, 15) is 27.2 Å². The van der Waals surface area contributed by atoms with Crippen molar-refractivity contribution in [3.8, 4) is 0 Å². The van der Waals surface area contributed by atoms with E-state index in [1.54, 1.807) is 12.1 Å². The van der Waals surface area contributed by atoms with E-state index in [1.165, 1.54) is 8.80 Å². The molecule has 0 saturated heterocycles. The van der Waals surface area contributed by atoms with Gasteiger partial charge >= 0.3 is 0 Å². The van der Waals surface area contributed by atoms with E-state index >= 15 is 0 Å². The lowest BCUT2D eigenvalue weighted by molar-refractivity contribution is 0.589. The predicted molar refractivity (Wildman–Crippen MR) is 170 cm³/mol. The summed E-state index contributed by atoms with van der Waals surface area (Å²) in [5, 5.41) is 8.14. The Kier molecular flexibility index (Phi) is 3.97. The van der Waals surface area contributed by atoms with Crippen LogP contribution in [-0.2, 0) is 0 Å². The van der Waals surface area contributed by atoms with Gasteiger partial charge in [-0.3, -0.25) is 18.4 Å². The summed E-state index contributed by atoms with van der Waals surface area (Å²) in [4.78, 5) is 36.9. The molecule has 0 bridgehead atoms. The Balaban J connectivity index is 1.37. The normalized spacial score (nSPS) is 13.0. The van der Waals surface area contributed by atoms with Crippen molar-refractivity contribution in [1.29, 1.82) is 0 Å². The Morgan fingerprint density at radius 3 is 1.54 bits per heavy atom. The van der Waals surface area contributed by atoms with Gasteiger partial charge in [0, 0.05) is 56.6 Å². The molecule has 10 heteroatoms. The minimum absolute atomic E-state index is 0.0427. The topological polar surface area (TPSA) is 68.7 Å². The van der Waals surface area contributed by atoms with Crippen LogP contribution in [0.15, 0.2) is 82.4 Å². The van der Waals surface area contributed by atoms with Gasteiger partial charge in [0.2, 0.25) is 0 Å². The highest BCUT2D eigenvalue weighted by molar-refractivity contribution is 6.40. The van der Waals surface area contributed by atoms with Crippen molar-refractivity contribution in [3.05, 3.63) is 117 Å². The number of hydrogen-bond donors (Lipinski definition) is 0. The fraction of sp³-hybridized carbons (Fsp3) is 0. The maximum absolute atomic E-state index is 15.0. The molecule has 7 aromatic carbocycles. The number of pyridine rings is 2. The largest absolute Gasteiger partial charge is 0.268 e. The minimum Gasteiger partial charge on any atom is -0.268 e. The summed E-state index contributed by atoms with van der Waals surface area (Å²) in [6.45, 7) is 0. The molecule has 46 heavy (non-hydrogen) atoms. The van der Waals surface area contributed by atoms with Gasteiger partial charge in [-0.25, -0.2) is 27.5 Å². The number of imidazole rings is 2. The van der Waals surface area contributed by atoms with Crippen LogP contribution in [0.5, 0.6) is 0 Å². The third-order valence-electron chi connectivity index (χ3n) is 9.60.